The molecule has 1 aromatic rings. The molecule has 4 bridgehead atoms. The smallest absolute Gasteiger partial charge is 0.310 e. The van der Waals surface area contributed by atoms with E-state index in [0.717, 1.165) is 12.1 Å². The summed E-state index contributed by atoms with van der Waals surface area (Å²) in [7, 11) is 1.87. The van der Waals surface area contributed by atoms with Crippen LogP contribution >= 0.6 is 0 Å². The van der Waals surface area contributed by atoms with Crippen molar-refractivity contribution in [2.24, 2.45) is 85.6 Å². The quantitative estimate of drug-likeness (QED) is 0.0717. The molecule has 3 heterocycles. The summed E-state index contributed by atoms with van der Waals surface area (Å²) in [4.78, 5) is 35.8. The number of hydrogen-bond acceptors (Lipinski definition) is 14. The summed E-state index contributed by atoms with van der Waals surface area (Å²) in [6.45, 7) is 8.33. The Bertz CT molecular complexity index is 2190. The molecule has 17 heteroatoms. The molecule has 4 saturated carbocycles. The second-order valence-electron chi connectivity index (χ2n) is 24.3. The van der Waals surface area contributed by atoms with Crippen LogP contribution in [-0.2, 0) is 19.1 Å². The minimum Gasteiger partial charge on any atom is -0.481 e. The summed E-state index contributed by atoms with van der Waals surface area (Å²) in [5.41, 5.74) is 3.98. The highest BCUT2D eigenvalue weighted by Crippen LogP contribution is 2.78. The number of ether oxygens (including phenoxy) is 2. The number of H-pyrrole nitrogens is 1. The lowest BCUT2D eigenvalue weighted by molar-refractivity contribution is -0.343. The predicted molar refractivity (Wildman–Crippen MR) is 256 cm³/mol. The average molecular weight is 980 g/mol. The van der Waals surface area contributed by atoms with Crippen molar-refractivity contribution in [2.45, 2.75) is 147 Å². The molecule has 6 fully saturated rings. The van der Waals surface area contributed by atoms with Crippen molar-refractivity contribution >= 4 is 11.9 Å². The lowest BCUT2D eigenvalue weighted by Gasteiger charge is -2.74. The van der Waals surface area contributed by atoms with Gasteiger partial charge in [0.2, 0.25) is 5.91 Å². The zero-order valence-corrected chi connectivity index (χ0v) is 41.7. The average Bonchev–Trinajstić information content (AvgIpc) is 3.99. The molecule has 0 radical (unpaired) electrons. The molecule has 17 nitrogen and oxygen atoms in total. The van der Waals surface area contributed by atoms with Crippen LogP contribution in [0.1, 0.15) is 110 Å². The van der Waals surface area contributed by atoms with Crippen LogP contribution in [0.5, 0.6) is 0 Å². The van der Waals surface area contributed by atoms with E-state index in [2.05, 4.69) is 59.3 Å². The van der Waals surface area contributed by atoms with E-state index in [0.29, 0.717) is 77.3 Å². The van der Waals surface area contributed by atoms with Gasteiger partial charge in [-0.1, -0.05) is 45.3 Å². The Morgan fingerprint density at radius 3 is 2.43 bits per heavy atom. The van der Waals surface area contributed by atoms with E-state index in [9.17, 15) is 50.4 Å². The third-order valence-electron chi connectivity index (χ3n) is 21.3. The van der Waals surface area contributed by atoms with Crippen molar-refractivity contribution in [3.63, 3.8) is 0 Å². The van der Waals surface area contributed by atoms with Gasteiger partial charge in [0.25, 0.3) is 0 Å². The first kappa shape index (κ1) is 51.9. The van der Waals surface area contributed by atoms with Gasteiger partial charge in [0.15, 0.2) is 6.29 Å². The third kappa shape index (κ3) is 7.62. The molecule has 1 aromatic heterocycles. The number of carbonyl (C=O) groups excluding carboxylic acids is 1. The van der Waals surface area contributed by atoms with Gasteiger partial charge in [-0.2, -0.15) is 0 Å². The molecular weight excluding hydrogens is 899 g/mol. The van der Waals surface area contributed by atoms with Crippen LogP contribution in [-0.4, -0.2) is 152 Å². The van der Waals surface area contributed by atoms with E-state index in [-0.39, 0.29) is 48.7 Å². The number of fused-ring (bicyclic) bond motifs is 2. The zero-order chi connectivity index (χ0) is 50.3. The number of aromatic amines is 1. The summed E-state index contributed by atoms with van der Waals surface area (Å²) in [6, 6.07) is -0.605. The number of aliphatic hydroxyl groups is 7. The molecule has 70 heavy (non-hydrogen) atoms. The number of nitrogens with one attached hydrogen (secondary N) is 3. The Kier molecular flexibility index (Phi) is 14.1. The minimum absolute atomic E-state index is 0.00612. The highest BCUT2D eigenvalue weighted by Gasteiger charge is 2.75. The summed E-state index contributed by atoms with van der Waals surface area (Å²) in [6.07, 6.45) is 3.31. The number of rotatable bonds is 14. The topological polar surface area (TPSA) is 293 Å². The number of imidazole rings is 1. The van der Waals surface area contributed by atoms with Crippen LogP contribution in [0.15, 0.2) is 24.2 Å². The highest BCUT2D eigenvalue weighted by atomic mass is 16.7. The van der Waals surface area contributed by atoms with Gasteiger partial charge in [-0.25, -0.2) is 4.98 Å². The second kappa shape index (κ2) is 19.1. The molecule has 0 aromatic carbocycles. The predicted octanol–water partition coefficient (Wildman–Crippen LogP) is 1.65. The normalized spacial score (nSPS) is 48.4. The number of carboxylic acids is 1. The maximum atomic E-state index is 14.5. The number of allylic oxidation sites excluding steroid dienone is 2. The number of amides is 1. The van der Waals surface area contributed by atoms with E-state index in [1.165, 1.54) is 5.57 Å². The van der Waals surface area contributed by atoms with Crippen LogP contribution in [0, 0.1) is 91.7 Å². The van der Waals surface area contributed by atoms with Crippen molar-refractivity contribution in [3.05, 3.63) is 29.9 Å². The van der Waals surface area contributed by atoms with Crippen LogP contribution in [0.3, 0.4) is 0 Å². The van der Waals surface area contributed by atoms with Crippen molar-refractivity contribution in [1.29, 1.82) is 0 Å². The van der Waals surface area contributed by atoms with Crippen molar-refractivity contribution in [3.8, 4) is 11.8 Å². The Balaban J connectivity index is 1.25. The molecule has 2 saturated heterocycles. The summed E-state index contributed by atoms with van der Waals surface area (Å²) < 4.78 is 12.6. The molecule has 22 atom stereocenters. The highest BCUT2D eigenvalue weighted by molar-refractivity contribution is 5.82. The van der Waals surface area contributed by atoms with Gasteiger partial charge in [0.1, 0.15) is 18.3 Å². The first-order valence-electron chi connectivity index (χ1n) is 26.2. The van der Waals surface area contributed by atoms with E-state index >= 15 is 0 Å². The summed E-state index contributed by atoms with van der Waals surface area (Å²) >= 11 is 0. The second-order valence-corrected chi connectivity index (χ2v) is 24.3. The molecular formula is C53H81N5O12. The van der Waals surface area contributed by atoms with E-state index < -0.39 is 118 Å². The van der Waals surface area contributed by atoms with Gasteiger partial charge in [0.05, 0.1) is 49.7 Å². The molecule has 8 aliphatic rings. The fourth-order valence-corrected chi connectivity index (χ4v) is 17.6. The summed E-state index contributed by atoms with van der Waals surface area (Å²) in [5.74, 6) is 1.96. The third-order valence-corrected chi connectivity index (χ3v) is 21.3. The monoisotopic (exact) mass is 980 g/mol. The fourth-order valence-electron chi connectivity index (χ4n) is 17.6. The first-order valence-corrected chi connectivity index (χ1v) is 26.2. The molecule has 390 valence electrons. The van der Waals surface area contributed by atoms with Crippen LogP contribution in [0.25, 0.3) is 0 Å². The van der Waals surface area contributed by atoms with Crippen molar-refractivity contribution in [2.75, 3.05) is 46.6 Å². The molecule has 1 amide bonds. The molecule has 6 aliphatic carbocycles. The number of nitrogens with zero attached hydrogens (tertiary/aromatic N) is 1. The number of hydrogen-bond donors (Lipinski definition) is 12. The van der Waals surface area contributed by atoms with Gasteiger partial charge in [-0.05, 0) is 130 Å². The lowest BCUT2D eigenvalue weighted by atomic mass is 9.30. The molecule has 22 unspecified atom stereocenters. The zero-order valence-electron chi connectivity index (χ0n) is 41.7. The Labute approximate surface area is 412 Å². The van der Waals surface area contributed by atoms with Crippen molar-refractivity contribution < 1.29 is 59.9 Å². The minimum atomic E-state index is -1.68. The Hall–Kier alpha value is -2.99. The maximum absolute atomic E-state index is 14.5. The lowest BCUT2D eigenvalue weighted by Crippen LogP contribution is -2.74. The SMILES string of the molecule is CNCC(CN)CC(c1cnc[nH]1)C1NC(=O)C(CO)C1C1C#CCCC23CCC4(C(=O)O)CCC(C)(CO)CC4C2=CCC2C4(C)C1C(O)C(OC1OCC(O)C(O)C1O)C(C)(CO)C4CCC23C. The Morgan fingerprint density at radius 1 is 1.01 bits per heavy atom. The van der Waals surface area contributed by atoms with Gasteiger partial charge >= 0.3 is 5.97 Å². The van der Waals surface area contributed by atoms with Crippen LogP contribution < -0.4 is 16.4 Å². The van der Waals surface area contributed by atoms with Crippen LogP contribution in [0.4, 0.5) is 0 Å². The van der Waals surface area contributed by atoms with Gasteiger partial charge in [-0.15, -0.1) is 5.92 Å². The van der Waals surface area contributed by atoms with Crippen LogP contribution in [0.2, 0.25) is 0 Å². The largest absolute Gasteiger partial charge is 0.481 e. The molecule has 13 N–H and O–H groups in total. The van der Waals surface area contributed by atoms with E-state index in [1.807, 2.05) is 14.0 Å². The number of nitrogens with two attached hydrogens (primary N) is 1. The number of aromatic nitrogens is 2. The number of aliphatic hydroxyl groups excluding tert-OH is 7. The summed E-state index contributed by atoms with van der Waals surface area (Å²) in [5, 5.41) is 98.2. The fraction of sp³-hybridized carbons (Fsp3) is 0.830. The molecule has 2 aliphatic heterocycles. The number of aliphatic carboxylic acids is 1. The van der Waals surface area contributed by atoms with E-state index in [4.69, 9.17) is 15.2 Å². The Morgan fingerprint density at radius 2 is 1.77 bits per heavy atom. The number of carboxylic acid groups (broad SMARTS) is 1. The van der Waals surface area contributed by atoms with Gasteiger partial charge < -0.3 is 71.7 Å². The first-order chi connectivity index (χ1) is 33.3. The van der Waals surface area contributed by atoms with Crippen molar-refractivity contribution in [1.82, 2.24) is 20.6 Å². The standard InChI is InChI=1S/C53H81N5O12/c1-48(25-60)14-15-52(47(67)68)16-17-53-12-7-6-8-29(38-31(23-59)45(66)58-40(38)30(34-22-56-27-57-34)18-28(20-54)21-55-5)39-42(64)44(70-46-43(65)41(63)35(62)24-69-46)49(2,26-61)36-11-13-50(53,3)37(51(36,39)4)10-9-32(53)33(52)19-48/h9,22,27-31,33,35-44,46,55,59-65H,7,10-21,23-26,54H2,1-5H3,(H,56,57)(H,58,66)(H,67,68). The van der Waals surface area contributed by atoms with Gasteiger partial charge in [-0.3, -0.25) is 9.59 Å². The molecule has 9 rings (SSSR count). The van der Waals surface area contributed by atoms with E-state index in [1.54, 1.807) is 12.5 Å². The number of carbonyl (C=O) groups is 2. The maximum Gasteiger partial charge on any atom is 0.310 e. The van der Waals surface area contributed by atoms with Gasteiger partial charge in [0, 0.05) is 60.0 Å². The molecule has 1 spiro atoms.